The molecule has 160 valence electrons. The van der Waals surface area contributed by atoms with Gasteiger partial charge >= 0.3 is 0 Å². The lowest BCUT2D eigenvalue weighted by molar-refractivity contribution is 0.0907. The van der Waals surface area contributed by atoms with Crippen molar-refractivity contribution >= 4 is 29.2 Å². The minimum atomic E-state index is -0.475. The van der Waals surface area contributed by atoms with Gasteiger partial charge < -0.3 is 10.2 Å². The minimum absolute atomic E-state index is 0. The molecule has 5 nitrogen and oxygen atoms in total. The second kappa shape index (κ2) is 9.63. The molecule has 0 aliphatic carbocycles. The highest BCUT2D eigenvalue weighted by Gasteiger charge is 2.26. The largest absolute Gasteiger partial charge is 0.342 e. The van der Waals surface area contributed by atoms with Crippen molar-refractivity contribution in [1.29, 1.82) is 0 Å². The second-order valence-corrected chi connectivity index (χ2v) is 8.44. The summed E-state index contributed by atoms with van der Waals surface area (Å²) in [5, 5.41) is 8.81. The molecule has 0 spiro atoms. The summed E-state index contributed by atoms with van der Waals surface area (Å²) < 4.78 is 1.99. The molecule has 0 atom stereocenters. The molecule has 30 heavy (non-hydrogen) atoms. The van der Waals surface area contributed by atoms with E-state index in [1.165, 1.54) is 19.3 Å². The molecule has 4 rings (SSSR count). The van der Waals surface area contributed by atoms with Gasteiger partial charge in [-0.15, -0.1) is 12.4 Å². The zero-order chi connectivity index (χ0) is 20.3. The quantitative estimate of drug-likeness (QED) is 0.626. The van der Waals surface area contributed by atoms with E-state index in [-0.39, 0.29) is 18.3 Å². The number of aromatic nitrogens is 2. The Hall–Kier alpha value is -2.37. The van der Waals surface area contributed by atoms with Crippen LogP contribution in [-0.2, 0) is 12.1 Å². The maximum absolute atomic E-state index is 13.2. The van der Waals surface area contributed by atoms with Gasteiger partial charge in [-0.2, -0.15) is 5.10 Å². The summed E-state index contributed by atoms with van der Waals surface area (Å²) in [6, 6.07) is 18.1. The first-order chi connectivity index (χ1) is 14.0. The van der Waals surface area contributed by atoms with E-state index in [4.69, 9.17) is 5.10 Å². The maximum Gasteiger partial charge on any atom is 0.273 e. The van der Waals surface area contributed by atoms with Crippen LogP contribution in [-0.4, -0.2) is 40.2 Å². The minimum Gasteiger partial charge on any atom is -0.342 e. The first kappa shape index (κ1) is 22.3. The molecule has 1 fully saturated rings. The third-order valence-corrected chi connectivity index (χ3v) is 5.87. The van der Waals surface area contributed by atoms with E-state index >= 15 is 0 Å². The number of halogens is 1. The van der Waals surface area contributed by atoms with Gasteiger partial charge in [0, 0.05) is 11.9 Å². The highest BCUT2D eigenvalue weighted by molar-refractivity contribution is 6.05. The lowest BCUT2D eigenvalue weighted by Gasteiger charge is -2.26. The van der Waals surface area contributed by atoms with Crippen LogP contribution < -0.4 is 5.32 Å². The first-order valence-electron chi connectivity index (χ1n) is 10.6. The molecule has 2 aromatic carbocycles. The monoisotopic (exact) mass is 426 g/mol. The van der Waals surface area contributed by atoms with Crippen LogP contribution in [0.2, 0.25) is 0 Å². The van der Waals surface area contributed by atoms with Crippen molar-refractivity contribution in [2.45, 2.75) is 45.2 Å². The van der Waals surface area contributed by atoms with E-state index in [2.05, 4.69) is 16.3 Å². The average molecular weight is 427 g/mol. The van der Waals surface area contributed by atoms with E-state index in [9.17, 15) is 4.79 Å². The van der Waals surface area contributed by atoms with Gasteiger partial charge in [-0.1, -0.05) is 55.0 Å². The summed E-state index contributed by atoms with van der Waals surface area (Å²) >= 11 is 0. The number of amides is 1. The van der Waals surface area contributed by atoms with Gasteiger partial charge in [-0.25, -0.2) is 0 Å². The van der Waals surface area contributed by atoms with Crippen LogP contribution in [0.5, 0.6) is 0 Å². The van der Waals surface area contributed by atoms with Crippen molar-refractivity contribution in [3.05, 3.63) is 65.9 Å². The smallest absolute Gasteiger partial charge is 0.273 e. The topological polar surface area (TPSA) is 50.2 Å². The molecule has 2 heterocycles. The van der Waals surface area contributed by atoms with Crippen molar-refractivity contribution in [2.24, 2.45) is 0 Å². The third-order valence-electron chi connectivity index (χ3n) is 5.87. The molecule has 0 bridgehead atoms. The Morgan fingerprint density at radius 1 is 0.967 bits per heavy atom. The van der Waals surface area contributed by atoms with Crippen LogP contribution in [0.4, 0.5) is 0 Å². The van der Waals surface area contributed by atoms with Gasteiger partial charge in [0.05, 0.1) is 17.6 Å². The van der Waals surface area contributed by atoms with Crippen LogP contribution in [0.1, 0.15) is 49.2 Å². The molecule has 1 aliphatic heterocycles. The second-order valence-electron chi connectivity index (χ2n) is 8.44. The number of fused-ring (bicyclic) bond motifs is 1. The van der Waals surface area contributed by atoms with Crippen molar-refractivity contribution in [3.63, 3.8) is 0 Å². The number of benzene rings is 2. The van der Waals surface area contributed by atoms with Crippen molar-refractivity contribution in [1.82, 2.24) is 20.0 Å². The Kier molecular flexibility index (Phi) is 7.16. The van der Waals surface area contributed by atoms with Crippen LogP contribution in [0.25, 0.3) is 10.9 Å². The van der Waals surface area contributed by atoms with Crippen molar-refractivity contribution < 1.29 is 4.79 Å². The Balaban J connectivity index is 0.00000256. The van der Waals surface area contributed by atoms with Crippen LogP contribution >= 0.6 is 12.4 Å². The summed E-state index contributed by atoms with van der Waals surface area (Å²) in [6.07, 6.45) is 3.90. The van der Waals surface area contributed by atoms with Crippen LogP contribution in [0.3, 0.4) is 0 Å². The average Bonchev–Trinajstić information content (AvgIpc) is 3.12. The molecular formula is C24H31ClN4O. The normalized spacial score (nSPS) is 15.0. The number of carbonyl (C=O) groups is 1. The highest BCUT2D eigenvalue weighted by atomic mass is 35.5. The SMILES string of the molecule is CC(C)(NC(=O)c1nn(CCN2CCCCC2)c2ccccc12)c1ccccc1.Cl. The fraction of sp³-hybridized carbons (Fsp3) is 0.417. The number of carbonyl (C=O) groups excluding carboxylic acids is 1. The van der Waals surface area contributed by atoms with E-state index in [1.807, 2.05) is 67.1 Å². The van der Waals surface area contributed by atoms with Gasteiger partial charge in [0.1, 0.15) is 0 Å². The molecule has 1 saturated heterocycles. The van der Waals surface area contributed by atoms with Gasteiger partial charge in [0.15, 0.2) is 5.69 Å². The molecule has 0 unspecified atom stereocenters. The fourth-order valence-electron chi connectivity index (χ4n) is 4.15. The van der Waals surface area contributed by atoms with E-state index < -0.39 is 5.54 Å². The predicted molar refractivity (Wildman–Crippen MR) is 124 cm³/mol. The number of rotatable bonds is 6. The molecule has 1 aliphatic rings. The number of piperidine rings is 1. The van der Waals surface area contributed by atoms with Crippen LogP contribution in [0, 0.1) is 0 Å². The number of nitrogens with zero attached hydrogens (tertiary/aromatic N) is 3. The first-order valence-corrected chi connectivity index (χ1v) is 10.6. The lowest BCUT2D eigenvalue weighted by atomic mass is 9.94. The van der Waals surface area contributed by atoms with Gasteiger partial charge in [0.2, 0.25) is 0 Å². The number of nitrogens with one attached hydrogen (secondary N) is 1. The zero-order valence-corrected chi connectivity index (χ0v) is 18.6. The maximum atomic E-state index is 13.2. The molecular weight excluding hydrogens is 396 g/mol. The molecule has 0 radical (unpaired) electrons. The summed E-state index contributed by atoms with van der Waals surface area (Å²) in [7, 11) is 0. The molecule has 1 aromatic heterocycles. The standard InChI is InChI=1S/C24H30N4O.ClH/c1-24(2,19-11-5-3-6-12-19)25-23(29)22-20-13-7-8-14-21(20)28(26-22)18-17-27-15-9-4-10-16-27;/h3,5-8,11-14H,4,9-10,15-18H2,1-2H3,(H,25,29);1H. The highest BCUT2D eigenvalue weighted by Crippen LogP contribution is 2.23. The van der Waals surface area contributed by atoms with Gasteiger partial charge in [-0.05, 0) is 51.4 Å². The van der Waals surface area contributed by atoms with Crippen molar-refractivity contribution in [2.75, 3.05) is 19.6 Å². The number of hydrogen-bond acceptors (Lipinski definition) is 3. The predicted octanol–water partition coefficient (Wildman–Crippen LogP) is 4.61. The Morgan fingerprint density at radius 2 is 1.63 bits per heavy atom. The third kappa shape index (κ3) is 4.85. The molecule has 6 heteroatoms. The molecule has 0 saturated carbocycles. The number of hydrogen-bond donors (Lipinski definition) is 1. The Bertz CT molecular complexity index is 977. The summed E-state index contributed by atoms with van der Waals surface area (Å²) in [6.45, 7) is 8.15. The summed E-state index contributed by atoms with van der Waals surface area (Å²) in [5.41, 5.74) is 2.12. The van der Waals surface area contributed by atoms with Crippen LogP contribution in [0.15, 0.2) is 54.6 Å². The van der Waals surface area contributed by atoms with Crippen molar-refractivity contribution in [3.8, 4) is 0 Å². The summed E-state index contributed by atoms with van der Waals surface area (Å²) in [5.74, 6) is -0.133. The van der Waals surface area contributed by atoms with E-state index in [0.717, 1.165) is 42.6 Å². The fourth-order valence-corrected chi connectivity index (χ4v) is 4.15. The van der Waals surface area contributed by atoms with E-state index in [0.29, 0.717) is 5.69 Å². The van der Waals surface area contributed by atoms with Gasteiger partial charge in [-0.3, -0.25) is 9.48 Å². The lowest BCUT2D eigenvalue weighted by Crippen LogP contribution is -2.41. The Morgan fingerprint density at radius 3 is 2.37 bits per heavy atom. The number of likely N-dealkylation sites (tertiary alicyclic amines) is 1. The molecule has 1 N–H and O–H groups in total. The van der Waals surface area contributed by atoms with E-state index in [1.54, 1.807) is 0 Å². The molecule has 3 aromatic rings. The Labute approximate surface area is 184 Å². The summed E-state index contributed by atoms with van der Waals surface area (Å²) in [4.78, 5) is 15.7. The zero-order valence-electron chi connectivity index (χ0n) is 17.8. The molecule has 1 amide bonds. The number of para-hydroxylation sites is 1. The van der Waals surface area contributed by atoms with Gasteiger partial charge in [0.25, 0.3) is 5.91 Å².